The molecule has 186 valence electrons. The maximum absolute atomic E-state index is 6.01. The van der Waals surface area contributed by atoms with Gasteiger partial charge in [-0.05, 0) is 43.3 Å². The molecule has 0 aliphatic heterocycles. The van der Waals surface area contributed by atoms with E-state index < -0.39 is 0 Å². The first-order chi connectivity index (χ1) is 17.9. The fourth-order valence-corrected chi connectivity index (χ4v) is 4.79. The Morgan fingerprint density at radius 1 is 0.919 bits per heavy atom. The van der Waals surface area contributed by atoms with Gasteiger partial charge in [0.15, 0.2) is 11.5 Å². The molecule has 0 bridgehead atoms. The summed E-state index contributed by atoms with van der Waals surface area (Å²) in [5.41, 5.74) is 15.7. The lowest BCUT2D eigenvalue weighted by atomic mass is 10.2. The number of thiazole rings is 1. The van der Waals surface area contributed by atoms with E-state index in [9.17, 15) is 0 Å². The van der Waals surface area contributed by atoms with Gasteiger partial charge in [-0.15, -0.1) is 11.3 Å². The van der Waals surface area contributed by atoms with Crippen molar-refractivity contribution >= 4 is 55.7 Å². The molecule has 37 heavy (non-hydrogen) atoms. The molecule has 0 atom stereocenters. The Kier molecular flexibility index (Phi) is 6.57. The Morgan fingerprint density at radius 2 is 1.70 bits per heavy atom. The van der Waals surface area contributed by atoms with Gasteiger partial charge in [0.05, 0.1) is 30.0 Å². The van der Waals surface area contributed by atoms with Crippen LogP contribution in [0.3, 0.4) is 0 Å². The lowest BCUT2D eigenvalue weighted by molar-refractivity contribution is 0.356. The normalized spacial score (nSPS) is 12.2. The highest BCUT2D eigenvalue weighted by Crippen LogP contribution is 2.37. The Bertz CT molecular complexity index is 1640. The summed E-state index contributed by atoms with van der Waals surface area (Å²) in [6.07, 6.45) is 1.55. The molecule has 0 radical (unpaired) electrons. The number of hydrogen-bond donors (Lipinski definition) is 3. The number of hydrogen-bond acceptors (Lipinski definition) is 9. The van der Waals surface area contributed by atoms with Crippen LogP contribution < -0.4 is 26.3 Å². The van der Waals surface area contributed by atoms with E-state index in [1.165, 1.54) is 0 Å². The number of anilines is 2. The monoisotopic (exact) mass is 511 g/mol. The second-order valence-corrected chi connectivity index (χ2v) is 9.24. The minimum Gasteiger partial charge on any atom is -0.493 e. The summed E-state index contributed by atoms with van der Waals surface area (Å²) in [5, 5.41) is 5.08. The molecule has 2 aromatic heterocycles. The maximum Gasteiger partial charge on any atom is 0.253 e. The molecule has 5 N–H and O–H groups in total. The fraction of sp³-hybridized carbons (Fsp3) is 0.111. The van der Waals surface area contributed by atoms with Gasteiger partial charge in [0.25, 0.3) is 5.95 Å². The highest BCUT2D eigenvalue weighted by atomic mass is 32.1. The van der Waals surface area contributed by atoms with E-state index in [4.69, 9.17) is 25.9 Å². The Hall–Kier alpha value is -4.70. The summed E-state index contributed by atoms with van der Waals surface area (Å²) in [6, 6.07) is 19.7. The molecule has 0 unspecified atom stereocenters. The van der Waals surface area contributed by atoms with E-state index in [1.54, 1.807) is 44.6 Å². The van der Waals surface area contributed by atoms with Gasteiger partial charge >= 0.3 is 0 Å². The van der Waals surface area contributed by atoms with Gasteiger partial charge in [0, 0.05) is 28.4 Å². The molecule has 0 aliphatic carbocycles. The maximum atomic E-state index is 6.01. The van der Waals surface area contributed by atoms with Crippen LogP contribution in [0.1, 0.15) is 6.92 Å². The number of fused-ring (bicyclic) bond motifs is 2. The van der Waals surface area contributed by atoms with E-state index in [-0.39, 0.29) is 11.8 Å². The predicted molar refractivity (Wildman–Crippen MR) is 150 cm³/mol. The predicted octanol–water partition coefficient (Wildman–Crippen LogP) is 5.52. The van der Waals surface area contributed by atoms with Crippen molar-refractivity contribution in [3.8, 4) is 22.1 Å². The minimum absolute atomic E-state index is 0.180. The Labute approximate surface area is 217 Å². The van der Waals surface area contributed by atoms with E-state index in [0.29, 0.717) is 28.5 Å². The van der Waals surface area contributed by atoms with E-state index in [2.05, 4.69) is 26.3 Å². The molecule has 3 aromatic carbocycles. The molecule has 5 aromatic rings. The summed E-state index contributed by atoms with van der Waals surface area (Å²) in [4.78, 5) is 18.3. The SMILES string of the molecule is COc1cc2nc(N=C(N)/C=C(/C)N)nc(Nc3cccc(-c4nc5ccccc5s4)c3)c2cc1OC. The standard InChI is InChI=1S/C27H25N7O2S/c1-15(28)11-24(29)33-27-32-20-14-22(36-3)21(35-2)13-18(20)25(34-27)30-17-8-6-7-16(12-17)26-31-19-9-4-5-10-23(19)37-26/h4-14H,28H2,1-3H3,(H3,29,30,32,33,34)/b15-11-. The van der Waals surface area contributed by atoms with Gasteiger partial charge in [-0.25, -0.2) is 9.97 Å². The van der Waals surface area contributed by atoms with Crippen LogP contribution in [0.25, 0.3) is 31.7 Å². The van der Waals surface area contributed by atoms with Crippen LogP contribution >= 0.6 is 11.3 Å². The van der Waals surface area contributed by atoms with Crippen LogP contribution in [-0.4, -0.2) is 35.0 Å². The first-order valence-electron chi connectivity index (χ1n) is 11.4. The van der Waals surface area contributed by atoms with Gasteiger partial charge in [-0.1, -0.05) is 24.3 Å². The minimum atomic E-state index is 0.180. The van der Waals surface area contributed by atoms with Crippen molar-refractivity contribution in [2.45, 2.75) is 6.92 Å². The van der Waals surface area contributed by atoms with Crippen LogP contribution in [0.15, 0.2) is 77.4 Å². The van der Waals surface area contributed by atoms with Crippen LogP contribution in [0.2, 0.25) is 0 Å². The molecule has 0 amide bonds. The van der Waals surface area contributed by atoms with Crippen molar-refractivity contribution in [1.82, 2.24) is 15.0 Å². The highest BCUT2D eigenvalue weighted by Gasteiger charge is 2.14. The molecule has 0 saturated carbocycles. The van der Waals surface area contributed by atoms with E-state index in [0.717, 1.165) is 31.9 Å². The van der Waals surface area contributed by atoms with Gasteiger partial charge in [-0.3, -0.25) is 0 Å². The number of benzene rings is 3. The van der Waals surface area contributed by atoms with E-state index >= 15 is 0 Å². The number of nitrogens with one attached hydrogen (secondary N) is 1. The average molecular weight is 512 g/mol. The quantitative estimate of drug-likeness (QED) is 0.192. The molecule has 0 saturated heterocycles. The largest absolute Gasteiger partial charge is 0.493 e. The first-order valence-corrected chi connectivity index (χ1v) is 12.2. The fourth-order valence-electron chi connectivity index (χ4n) is 3.83. The molecule has 0 spiro atoms. The third-order valence-corrected chi connectivity index (χ3v) is 6.55. The zero-order valence-corrected chi connectivity index (χ0v) is 21.3. The third kappa shape index (κ3) is 5.14. The molecule has 2 heterocycles. The number of amidine groups is 1. The molecule has 0 aliphatic rings. The van der Waals surface area contributed by atoms with Gasteiger partial charge < -0.3 is 26.3 Å². The Balaban J connectivity index is 1.60. The average Bonchev–Trinajstić information content (AvgIpc) is 3.32. The van der Waals surface area contributed by atoms with Gasteiger partial charge in [0.2, 0.25) is 0 Å². The number of aliphatic imine (C=N–C) groups is 1. The second kappa shape index (κ2) is 10.1. The molecule has 5 rings (SSSR count). The topological polar surface area (TPSA) is 134 Å². The summed E-state index contributed by atoms with van der Waals surface area (Å²) < 4.78 is 12.1. The number of rotatable bonds is 7. The Morgan fingerprint density at radius 3 is 2.46 bits per heavy atom. The molecule has 10 heteroatoms. The molecular formula is C27H25N7O2S. The third-order valence-electron chi connectivity index (χ3n) is 5.46. The smallest absolute Gasteiger partial charge is 0.253 e. The van der Waals surface area contributed by atoms with Crippen molar-refractivity contribution in [1.29, 1.82) is 0 Å². The van der Waals surface area contributed by atoms with Gasteiger partial charge in [0.1, 0.15) is 16.7 Å². The summed E-state index contributed by atoms with van der Waals surface area (Å²) in [5.74, 6) is 2.01. The van der Waals surface area contributed by atoms with Gasteiger partial charge in [-0.2, -0.15) is 9.98 Å². The molecule has 9 nitrogen and oxygen atoms in total. The van der Waals surface area contributed by atoms with Crippen molar-refractivity contribution in [2.24, 2.45) is 16.5 Å². The molecular weight excluding hydrogens is 486 g/mol. The number of ether oxygens (including phenoxy) is 2. The molecule has 0 fully saturated rings. The van der Waals surface area contributed by atoms with Crippen molar-refractivity contribution in [3.05, 3.63) is 72.4 Å². The summed E-state index contributed by atoms with van der Waals surface area (Å²) in [6.45, 7) is 1.73. The van der Waals surface area contributed by atoms with Crippen molar-refractivity contribution < 1.29 is 9.47 Å². The second-order valence-electron chi connectivity index (χ2n) is 8.21. The van der Waals surface area contributed by atoms with Crippen LogP contribution in [0.4, 0.5) is 17.5 Å². The lowest BCUT2D eigenvalue weighted by Crippen LogP contribution is -2.10. The number of methoxy groups -OCH3 is 2. The number of nitrogens with two attached hydrogens (primary N) is 2. The number of nitrogens with zero attached hydrogens (tertiary/aromatic N) is 4. The van der Waals surface area contributed by atoms with Crippen LogP contribution in [-0.2, 0) is 0 Å². The number of allylic oxidation sites excluding steroid dienone is 1. The zero-order valence-electron chi connectivity index (χ0n) is 20.5. The van der Waals surface area contributed by atoms with Crippen molar-refractivity contribution in [3.63, 3.8) is 0 Å². The number of aromatic nitrogens is 3. The van der Waals surface area contributed by atoms with Crippen LogP contribution in [0.5, 0.6) is 11.5 Å². The van der Waals surface area contributed by atoms with Crippen molar-refractivity contribution in [2.75, 3.05) is 19.5 Å². The number of para-hydroxylation sites is 1. The van der Waals surface area contributed by atoms with E-state index in [1.807, 2.05) is 48.5 Å². The lowest BCUT2D eigenvalue weighted by Gasteiger charge is -2.13. The van der Waals surface area contributed by atoms with Crippen LogP contribution in [0, 0.1) is 0 Å². The summed E-state index contributed by atoms with van der Waals surface area (Å²) in [7, 11) is 3.16. The zero-order chi connectivity index (χ0) is 25.9. The highest BCUT2D eigenvalue weighted by molar-refractivity contribution is 7.21. The first kappa shape index (κ1) is 24.0. The summed E-state index contributed by atoms with van der Waals surface area (Å²) >= 11 is 1.65.